The van der Waals surface area contributed by atoms with Crippen LogP contribution in [0.5, 0.6) is 0 Å². The number of fused-ring (bicyclic) bond motifs is 1. The molecule has 0 bridgehead atoms. The second kappa shape index (κ2) is 8.44. The van der Waals surface area contributed by atoms with Gasteiger partial charge in [-0.3, -0.25) is 4.79 Å². The molecule has 1 heterocycles. The standard InChI is InChI=1S/C20H23N3O2/c1-16(23-15-22-18-10-5-6-11-19(18)23)20(24)21-12-7-13-25-14-17-8-3-2-4-9-17/h2-6,8-11,15-16H,7,12-14H2,1H3,(H,21,24). The maximum Gasteiger partial charge on any atom is 0.242 e. The van der Waals surface area contributed by atoms with Crippen molar-refractivity contribution >= 4 is 16.9 Å². The van der Waals surface area contributed by atoms with Crippen LogP contribution >= 0.6 is 0 Å². The summed E-state index contributed by atoms with van der Waals surface area (Å²) in [7, 11) is 0. The normalized spacial score (nSPS) is 12.2. The van der Waals surface area contributed by atoms with Gasteiger partial charge in [0, 0.05) is 13.2 Å². The number of amides is 1. The van der Waals surface area contributed by atoms with E-state index in [1.165, 1.54) is 0 Å². The van der Waals surface area contributed by atoms with E-state index in [2.05, 4.69) is 10.3 Å². The molecule has 25 heavy (non-hydrogen) atoms. The molecule has 0 fully saturated rings. The quantitative estimate of drug-likeness (QED) is 0.642. The van der Waals surface area contributed by atoms with Gasteiger partial charge in [-0.05, 0) is 31.0 Å². The molecule has 3 aromatic rings. The lowest BCUT2D eigenvalue weighted by Gasteiger charge is -2.14. The Hall–Kier alpha value is -2.66. The van der Waals surface area contributed by atoms with Gasteiger partial charge in [-0.2, -0.15) is 0 Å². The first-order valence-corrected chi connectivity index (χ1v) is 8.56. The molecule has 0 radical (unpaired) electrons. The summed E-state index contributed by atoms with van der Waals surface area (Å²) in [6.45, 7) is 3.71. The molecule has 0 saturated carbocycles. The van der Waals surface area contributed by atoms with Crippen LogP contribution in [0.1, 0.15) is 24.9 Å². The van der Waals surface area contributed by atoms with E-state index in [0.717, 1.165) is 23.0 Å². The topological polar surface area (TPSA) is 56.1 Å². The Kier molecular flexibility index (Phi) is 5.80. The van der Waals surface area contributed by atoms with Crippen molar-refractivity contribution in [3.63, 3.8) is 0 Å². The summed E-state index contributed by atoms with van der Waals surface area (Å²) in [5.74, 6) is -0.00814. The minimum absolute atomic E-state index is 0.00814. The van der Waals surface area contributed by atoms with Crippen molar-refractivity contribution in [1.29, 1.82) is 0 Å². The van der Waals surface area contributed by atoms with Gasteiger partial charge in [0.15, 0.2) is 0 Å². The number of para-hydroxylation sites is 2. The molecule has 1 atom stereocenters. The number of carbonyl (C=O) groups excluding carboxylic acids is 1. The Morgan fingerprint density at radius 1 is 1.16 bits per heavy atom. The summed E-state index contributed by atoms with van der Waals surface area (Å²) < 4.78 is 7.52. The van der Waals surface area contributed by atoms with E-state index in [-0.39, 0.29) is 11.9 Å². The minimum atomic E-state index is -0.294. The highest BCUT2D eigenvalue weighted by Crippen LogP contribution is 2.17. The lowest BCUT2D eigenvalue weighted by Crippen LogP contribution is -2.31. The van der Waals surface area contributed by atoms with Crippen molar-refractivity contribution in [2.24, 2.45) is 0 Å². The zero-order valence-corrected chi connectivity index (χ0v) is 14.4. The van der Waals surface area contributed by atoms with Crippen LogP contribution in [-0.2, 0) is 16.1 Å². The Labute approximate surface area is 147 Å². The van der Waals surface area contributed by atoms with Gasteiger partial charge < -0.3 is 14.6 Å². The summed E-state index contributed by atoms with van der Waals surface area (Å²) in [6.07, 6.45) is 2.51. The summed E-state index contributed by atoms with van der Waals surface area (Å²) in [6, 6.07) is 17.6. The van der Waals surface area contributed by atoms with E-state index in [1.54, 1.807) is 6.33 Å². The predicted octanol–water partition coefficient (Wildman–Crippen LogP) is 3.32. The van der Waals surface area contributed by atoms with Crippen LogP contribution in [-0.4, -0.2) is 28.6 Å². The largest absolute Gasteiger partial charge is 0.377 e. The fourth-order valence-electron chi connectivity index (χ4n) is 2.71. The Morgan fingerprint density at radius 3 is 2.76 bits per heavy atom. The third-order valence-corrected chi connectivity index (χ3v) is 4.15. The average Bonchev–Trinajstić information content (AvgIpc) is 3.08. The number of nitrogens with one attached hydrogen (secondary N) is 1. The van der Waals surface area contributed by atoms with Crippen molar-refractivity contribution < 1.29 is 9.53 Å². The molecule has 3 rings (SSSR count). The third-order valence-electron chi connectivity index (χ3n) is 4.15. The van der Waals surface area contributed by atoms with E-state index in [1.807, 2.05) is 66.1 Å². The first-order chi connectivity index (χ1) is 12.3. The number of hydrogen-bond donors (Lipinski definition) is 1. The van der Waals surface area contributed by atoms with Gasteiger partial charge in [-0.15, -0.1) is 0 Å². The van der Waals surface area contributed by atoms with E-state index in [4.69, 9.17) is 4.74 Å². The number of rotatable bonds is 8. The molecule has 0 aliphatic rings. The fraction of sp³-hybridized carbons (Fsp3) is 0.300. The molecule has 0 aliphatic heterocycles. The lowest BCUT2D eigenvalue weighted by molar-refractivity contribution is -0.123. The van der Waals surface area contributed by atoms with Crippen LogP contribution in [0.15, 0.2) is 60.9 Å². The maximum atomic E-state index is 12.3. The lowest BCUT2D eigenvalue weighted by atomic mass is 10.2. The maximum absolute atomic E-state index is 12.3. The highest BCUT2D eigenvalue weighted by Gasteiger charge is 2.16. The van der Waals surface area contributed by atoms with Crippen molar-refractivity contribution in [2.45, 2.75) is 26.0 Å². The van der Waals surface area contributed by atoms with Crippen LogP contribution in [0.2, 0.25) is 0 Å². The predicted molar refractivity (Wildman–Crippen MR) is 98.2 cm³/mol. The second-order valence-electron chi connectivity index (χ2n) is 6.00. The molecule has 0 aliphatic carbocycles. The number of imidazole rings is 1. The number of nitrogens with zero attached hydrogens (tertiary/aromatic N) is 2. The average molecular weight is 337 g/mol. The summed E-state index contributed by atoms with van der Waals surface area (Å²) in [4.78, 5) is 16.7. The zero-order chi connectivity index (χ0) is 17.5. The number of carbonyl (C=O) groups is 1. The summed E-state index contributed by atoms with van der Waals surface area (Å²) >= 11 is 0. The van der Waals surface area contributed by atoms with Crippen LogP contribution in [0.25, 0.3) is 11.0 Å². The van der Waals surface area contributed by atoms with Gasteiger partial charge in [0.1, 0.15) is 6.04 Å². The van der Waals surface area contributed by atoms with Gasteiger partial charge in [0.2, 0.25) is 5.91 Å². The summed E-state index contributed by atoms with van der Waals surface area (Å²) in [5.41, 5.74) is 3.03. The Morgan fingerprint density at radius 2 is 1.92 bits per heavy atom. The van der Waals surface area contributed by atoms with E-state index in [0.29, 0.717) is 19.8 Å². The minimum Gasteiger partial charge on any atom is -0.377 e. The van der Waals surface area contributed by atoms with Crippen LogP contribution in [0.4, 0.5) is 0 Å². The van der Waals surface area contributed by atoms with Crippen LogP contribution in [0.3, 0.4) is 0 Å². The molecule has 1 amide bonds. The van der Waals surface area contributed by atoms with Crippen LogP contribution in [0, 0.1) is 0 Å². The molecule has 130 valence electrons. The third kappa shape index (κ3) is 4.45. The molecular weight excluding hydrogens is 314 g/mol. The number of benzene rings is 2. The van der Waals surface area contributed by atoms with Crippen molar-refractivity contribution in [3.05, 3.63) is 66.5 Å². The molecule has 0 saturated heterocycles. The Balaban J connectivity index is 1.40. The molecule has 5 heteroatoms. The molecule has 0 spiro atoms. The van der Waals surface area contributed by atoms with Crippen LogP contribution < -0.4 is 5.32 Å². The Bertz CT molecular complexity index is 814. The molecular formula is C20H23N3O2. The summed E-state index contributed by atoms with van der Waals surface area (Å²) in [5, 5.41) is 2.97. The van der Waals surface area contributed by atoms with E-state index >= 15 is 0 Å². The molecule has 5 nitrogen and oxygen atoms in total. The van der Waals surface area contributed by atoms with Crippen molar-refractivity contribution in [2.75, 3.05) is 13.2 Å². The van der Waals surface area contributed by atoms with Crippen molar-refractivity contribution in [1.82, 2.24) is 14.9 Å². The van der Waals surface area contributed by atoms with Gasteiger partial charge in [0.05, 0.1) is 24.0 Å². The van der Waals surface area contributed by atoms with Gasteiger partial charge >= 0.3 is 0 Å². The fourth-order valence-corrected chi connectivity index (χ4v) is 2.71. The molecule has 1 aromatic heterocycles. The van der Waals surface area contributed by atoms with E-state index in [9.17, 15) is 4.79 Å². The van der Waals surface area contributed by atoms with Gasteiger partial charge in [-0.1, -0.05) is 42.5 Å². The molecule has 2 aromatic carbocycles. The number of aromatic nitrogens is 2. The highest BCUT2D eigenvalue weighted by atomic mass is 16.5. The number of hydrogen-bond acceptors (Lipinski definition) is 3. The van der Waals surface area contributed by atoms with Crippen molar-refractivity contribution in [3.8, 4) is 0 Å². The first kappa shape index (κ1) is 17.2. The smallest absolute Gasteiger partial charge is 0.242 e. The SMILES string of the molecule is CC(C(=O)NCCCOCc1ccccc1)n1cnc2ccccc21. The zero-order valence-electron chi connectivity index (χ0n) is 14.4. The number of ether oxygens (including phenoxy) is 1. The first-order valence-electron chi connectivity index (χ1n) is 8.56. The van der Waals surface area contributed by atoms with E-state index < -0.39 is 0 Å². The monoisotopic (exact) mass is 337 g/mol. The second-order valence-corrected chi connectivity index (χ2v) is 6.00. The van der Waals surface area contributed by atoms with Gasteiger partial charge in [0.25, 0.3) is 0 Å². The molecule has 1 unspecified atom stereocenters. The highest BCUT2D eigenvalue weighted by molar-refractivity contribution is 5.83. The van der Waals surface area contributed by atoms with Gasteiger partial charge in [-0.25, -0.2) is 4.98 Å². The molecule has 1 N–H and O–H groups in total.